The van der Waals surface area contributed by atoms with Gasteiger partial charge in [0, 0.05) is 34.7 Å². The Kier molecular flexibility index (Phi) is 3.63. The Labute approximate surface area is 165 Å². The number of carbonyl (C=O) groups excluding carboxylic acids is 1. The van der Waals surface area contributed by atoms with Crippen LogP contribution in [0.25, 0.3) is 10.8 Å². The molecule has 28 heavy (non-hydrogen) atoms. The first-order valence-corrected chi connectivity index (χ1v) is 9.83. The van der Waals surface area contributed by atoms with Crippen molar-refractivity contribution < 1.29 is 4.79 Å². The van der Waals surface area contributed by atoms with Crippen LogP contribution in [0.2, 0.25) is 0 Å². The monoisotopic (exact) mass is 368 g/mol. The van der Waals surface area contributed by atoms with E-state index < -0.39 is 0 Å². The molecule has 0 amide bonds. The van der Waals surface area contributed by atoms with Crippen molar-refractivity contribution in [1.29, 1.82) is 0 Å². The zero-order chi connectivity index (χ0) is 19.5. The minimum atomic E-state index is -0.0555. The number of rotatable bonds is 1. The maximum Gasteiger partial charge on any atom is 0.162 e. The van der Waals surface area contributed by atoms with Crippen molar-refractivity contribution >= 4 is 27.9 Å². The van der Waals surface area contributed by atoms with Crippen LogP contribution >= 0.6 is 0 Å². The minimum absolute atomic E-state index is 0.0311. The number of hydrogen-bond acceptors (Lipinski definition) is 3. The Morgan fingerprint density at radius 1 is 0.964 bits per heavy atom. The average molecular weight is 368 g/mol. The summed E-state index contributed by atoms with van der Waals surface area (Å²) in [5, 5.41) is 6.07. The highest BCUT2D eigenvalue weighted by Gasteiger charge is 2.40. The molecule has 3 aromatic rings. The van der Waals surface area contributed by atoms with Gasteiger partial charge in [-0.25, -0.2) is 0 Å². The first-order chi connectivity index (χ1) is 13.4. The van der Waals surface area contributed by atoms with Crippen LogP contribution in [-0.4, -0.2) is 5.78 Å². The van der Waals surface area contributed by atoms with Gasteiger partial charge >= 0.3 is 0 Å². The van der Waals surface area contributed by atoms with Crippen LogP contribution in [0, 0.1) is 5.41 Å². The molecule has 2 aliphatic rings. The third-order valence-corrected chi connectivity index (χ3v) is 6.03. The molecule has 0 fully saturated rings. The smallest absolute Gasteiger partial charge is 0.162 e. The largest absolute Gasteiger partial charge is 0.399 e. The van der Waals surface area contributed by atoms with Gasteiger partial charge in [-0.15, -0.1) is 0 Å². The van der Waals surface area contributed by atoms with Crippen LogP contribution in [0.3, 0.4) is 0 Å². The summed E-state index contributed by atoms with van der Waals surface area (Å²) in [6, 6.07) is 20.7. The van der Waals surface area contributed by atoms with Crippen LogP contribution in [0.1, 0.15) is 43.7 Å². The molecule has 0 saturated carbocycles. The number of fused-ring (bicyclic) bond motifs is 3. The Bertz CT molecular complexity index is 1140. The van der Waals surface area contributed by atoms with Gasteiger partial charge in [-0.1, -0.05) is 62.4 Å². The van der Waals surface area contributed by atoms with Gasteiger partial charge in [-0.3, -0.25) is 4.79 Å². The van der Waals surface area contributed by atoms with Crippen LogP contribution in [0.5, 0.6) is 0 Å². The molecule has 0 saturated heterocycles. The maximum atomic E-state index is 13.2. The van der Waals surface area contributed by atoms with E-state index in [1.807, 2.05) is 12.1 Å². The average Bonchev–Trinajstić information content (AvgIpc) is 2.66. The van der Waals surface area contributed by atoms with Gasteiger partial charge < -0.3 is 11.1 Å². The molecule has 140 valence electrons. The third-order valence-electron chi connectivity index (χ3n) is 6.03. The number of Topliss-reactive ketones (excluding diaryl/α,β-unsaturated/α-hetero) is 1. The lowest BCUT2D eigenvalue weighted by atomic mass is 9.68. The number of ketones is 1. The fraction of sp³-hybridized carbons (Fsp3) is 0.240. The molecule has 3 aromatic carbocycles. The molecule has 3 heteroatoms. The highest BCUT2D eigenvalue weighted by Crippen LogP contribution is 2.50. The predicted molar refractivity (Wildman–Crippen MR) is 115 cm³/mol. The van der Waals surface area contributed by atoms with E-state index in [9.17, 15) is 4.79 Å². The van der Waals surface area contributed by atoms with Crippen LogP contribution in [0.15, 0.2) is 71.9 Å². The molecular formula is C25H24N2O. The maximum absolute atomic E-state index is 13.2. The van der Waals surface area contributed by atoms with Crippen molar-refractivity contribution in [3.05, 3.63) is 83.1 Å². The number of anilines is 2. The molecule has 1 atom stereocenters. The summed E-state index contributed by atoms with van der Waals surface area (Å²) in [6.07, 6.45) is 1.46. The van der Waals surface area contributed by atoms with Gasteiger partial charge in [0.1, 0.15) is 0 Å². The van der Waals surface area contributed by atoms with Crippen molar-refractivity contribution in [3.8, 4) is 0 Å². The number of nitrogen functional groups attached to an aromatic ring is 1. The van der Waals surface area contributed by atoms with E-state index in [0.29, 0.717) is 6.42 Å². The van der Waals surface area contributed by atoms with E-state index in [2.05, 4.69) is 67.7 Å². The molecule has 0 spiro atoms. The fourth-order valence-electron chi connectivity index (χ4n) is 4.79. The summed E-state index contributed by atoms with van der Waals surface area (Å²) < 4.78 is 0. The number of nitrogens with one attached hydrogen (secondary N) is 1. The van der Waals surface area contributed by atoms with Crippen molar-refractivity contribution in [1.82, 2.24) is 0 Å². The second-order valence-electron chi connectivity index (χ2n) is 8.81. The zero-order valence-corrected chi connectivity index (χ0v) is 16.3. The summed E-state index contributed by atoms with van der Waals surface area (Å²) in [5.41, 5.74) is 12.0. The Balaban J connectivity index is 1.79. The molecule has 1 heterocycles. The summed E-state index contributed by atoms with van der Waals surface area (Å²) in [6.45, 7) is 4.35. The SMILES string of the molecule is CC1(C)CC(=O)C2=C(C1)Nc1c(ccc3ccccc13)C2c1ccc(N)cc1. The van der Waals surface area contributed by atoms with Crippen LogP contribution in [-0.2, 0) is 4.79 Å². The zero-order valence-electron chi connectivity index (χ0n) is 16.3. The fourth-order valence-corrected chi connectivity index (χ4v) is 4.79. The highest BCUT2D eigenvalue weighted by atomic mass is 16.1. The lowest BCUT2D eigenvalue weighted by Gasteiger charge is -2.40. The summed E-state index contributed by atoms with van der Waals surface area (Å²) in [4.78, 5) is 13.2. The van der Waals surface area contributed by atoms with Gasteiger partial charge in [0.25, 0.3) is 0 Å². The molecule has 1 unspecified atom stereocenters. The first-order valence-electron chi connectivity index (χ1n) is 9.83. The predicted octanol–water partition coefficient (Wildman–Crippen LogP) is 5.62. The summed E-state index contributed by atoms with van der Waals surface area (Å²) >= 11 is 0. The second kappa shape index (κ2) is 5.96. The van der Waals surface area contributed by atoms with Gasteiger partial charge in [-0.2, -0.15) is 0 Å². The van der Waals surface area contributed by atoms with Crippen molar-refractivity contribution in [2.45, 2.75) is 32.6 Å². The molecule has 3 N–H and O–H groups in total. The van der Waals surface area contributed by atoms with Crippen molar-refractivity contribution in [2.75, 3.05) is 11.1 Å². The van der Waals surface area contributed by atoms with Crippen LogP contribution in [0.4, 0.5) is 11.4 Å². The standard InChI is InChI=1S/C25H24N2O/c1-25(2)13-20-23(21(28)14-25)22(16-7-10-17(26)11-8-16)19-12-9-15-5-3-4-6-18(15)24(19)27-20/h3-12,22,27H,13-14,26H2,1-2H3. The molecule has 0 radical (unpaired) electrons. The van der Waals surface area contributed by atoms with Gasteiger partial charge in [-0.05, 0) is 40.5 Å². The Morgan fingerprint density at radius 3 is 2.50 bits per heavy atom. The Morgan fingerprint density at radius 2 is 1.71 bits per heavy atom. The van der Waals surface area contributed by atoms with E-state index in [0.717, 1.165) is 40.2 Å². The molecule has 0 aromatic heterocycles. The number of carbonyl (C=O) groups is 1. The summed E-state index contributed by atoms with van der Waals surface area (Å²) in [7, 11) is 0. The lowest BCUT2D eigenvalue weighted by molar-refractivity contribution is -0.118. The van der Waals surface area contributed by atoms with Crippen molar-refractivity contribution in [2.24, 2.45) is 5.41 Å². The Hall–Kier alpha value is -3.07. The highest BCUT2D eigenvalue weighted by molar-refractivity contribution is 6.05. The van der Waals surface area contributed by atoms with Gasteiger partial charge in [0.15, 0.2) is 5.78 Å². The van der Waals surface area contributed by atoms with E-state index in [-0.39, 0.29) is 17.1 Å². The molecule has 5 rings (SSSR count). The normalized spacial score (nSPS) is 20.5. The van der Waals surface area contributed by atoms with Gasteiger partial charge in [0.05, 0.1) is 5.69 Å². The number of allylic oxidation sites excluding steroid dienone is 2. The minimum Gasteiger partial charge on any atom is -0.399 e. The lowest BCUT2D eigenvalue weighted by Crippen LogP contribution is -2.33. The van der Waals surface area contributed by atoms with Gasteiger partial charge in [0.2, 0.25) is 0 Å². The molecule has 0 bridgehead atoms. The number of hydrogen-bond donors (Lipinski definition) is 2. The molecular weight excluding hydrogens is 344 g/mol. The number of nitrogens with two attached hydrogens (primary N) is 1. The topological polar surface area (TPSA) is 55.1 Å². The van der Waals surface area contributed by atoms with E-state index in [1.165, 1.54) is 10.8 Å². The third kappa shape index (κ3) is 2.62. The molecule has 3 nitrogen and oxygen atoms in total. The van der Waals surface area contributed by atoms with E-state index >= 15 is 0 Å². The van der Waals surface area contributed by atoms with Crippen molar-refractivity contribution in [3.63, 3.8) is 0 Å². The second-order valence-corrected chi connectivity index (χ2v) is 8.81. The number of benzene rings is 3. The van der Waals surface area contributed by atoms with Crippen LogP contribution < -0.4 is 11.1 Å². The van der Waals surface area contributed by atoms with E-state index in [4.69, 9.17) is 5.73 Å². The molecule has 1 aliphatic carbocycles. The molecule has 1 aliphatic heterocycles. The summed E-state index contributed by atoms with van der Waals surface area (Å²) in [5.74, 6) is 0.194. The first kappa shape index (κ1) is 17.1. The quantitative estimate of drug-likeness (QED) is 0.548. The van der Waals surface area contributed by atoms with E-state index in [1.54, 1.807) is 0 Å².